The highest BCUT2D eigenvalue weighted by molar-refractivity contribution is 7.98. The van der Waals surface area contributed by atoms with E-state index in [0.29, 0.717) is 18.0 Å². The number of esters is 1. The smallest absolute Gasteiger partial charge is 0.328 e. The number of thioether (sulfide) groups is 1. The molecule has 1 saturated carbocycles. The molecule has 5 nitrogen and oxygen atoms in total. The monoisotopic (exact) mass is 566 g/mol. The van der Waals surface area contributed by atoms with Crippen LogP contribution in [0.4, 0.5) is 0 Å². The molecule has 3 rings (SSSR count). The van der Waals surface area contributed by atoms with Crippen LogP contribution in [0.25, 0.3) is 11.1 Å². The minimum absolute atomic E-state index is 0.241. The number of methoxy groups -OCH3 is 1. The average Bonchev–Trinajstić information content (AvgIpc) is 2.97. The summed E-state index contributed by atoms with van der Waals surface area (Å²) in [5.74, 6) is 0.966. The van der Waals surface area contributed by atoms with Crippen molar-refractivity contribution in [3.63, 3.8) is 0 Å². The second-order valence-electron chi connectivity index (χ2n) is 11.4. The van der Waals surface area contributed by atoms with Crippen LogP contribution in [0.1, 0.15) is 93.1 Å². The number of nitrogens with one attached hydrogen (secondary N) is 1. The Balaban J connectivity index is 1.90. The van der Waals surface area contributed by atoms with E-state index in [1.165, 1.54) is 64.0 Å². The van der Waals surface area contributed by atoms with Crippen molar-refractivity contribution in [1.29, 1.82) is 0 Å². The number of carbonyl (C=O) groups excluding carboxylic acids is 2. The molecule has 0 aromatic heterocycles. The molecule has 2 atom stereocenters. The zero-order valence-electron chi connectivity index (χ0n) is 25.3. The molecule has 0 heterocycles. The average molecular weight is 567 g/mol. The van der Waals surface area contributed by atoms with Gasteiger partial charge in [-0.15, -0.1) is 0 Å². The van der Waals surface area contributed by atoms with Gasteiger partial charge < -0.3 is 10.1 Å². The molecule has 2 aromatic carbocycles. The molecule has 0 bridgehead atoms. The maximum atomic E-state index is 13.6. The molecule has 1 fully saturated rings. The van der Waals surface area contributed by atoms with Crippen molar-refractivity contribution in [2.24, 2.45) is 5.92 Å². The lowest BCUT2D eigenvalue weighted by Crippen LogP contribution is -2.42. The SMILES string of the molecule is CCC[C@@H](C)N(CCC1CCCCC1)Cc1ccc(C(=O)N[C@@H](CCSC)C(=O)OC)c(-c2ccccc2C)c1. The molecular formula is C34H50N2O3S. The molecule has 0 unspecified atom stereocenters. The van der Waals surface area contributed by atoms with E-state index >= 15 is 0 Å². The third kappa shape index (κ3) is 9.37. The highest BCUT2D eigenvalue weighted by Crippen LogP contribution is 2.30. The second-order valence-corrected chi connectivity index (χ2v) is 12.4. The minimum Gasteiger partial charge on any atom is -0.467 e. The summed E-state index contributed by atoms with van der Waals surface area (Å²) >= 11 is 1.65. The van der Waals surface area contributed by atoms with E-state index in [4.69, 9.17) is 4.74 Å². The van der Waals surface area contributed by atoms with Crippen LogP contribution < -0.4 is 5.32 Å². The van der Waals surface area contributed by atoms with E-state index in [1.54, 1.807) is 11.8 Å². The number of aryl methyl sites for hydroxylation is 1. The third-order valence-electron chi connectivity index (χ3n) is 8.43. The highest BCUT2D eigenvalue weighted by Gasteiger charge is 2.25. The van der Waals surface area contributed by atoms with Crippen LogP contribution in [-0.2, 0) is 16.1 Å². The van der Waals surface area contributed by atoms with Crippen molar-refractivity contribution in [3.05, 3.63) is 59.2 Å². The van der Waals surface area contributed by atoms with Crippen LogP contribution in [0.5, 0.6) is 0 Å². The Hall–Kier alpha value is -2.31. The maximum absolute atomic E-state index is 13.6. The summed E-state index contributed by atoms with van der Waals surface area (Å²) in [6.45, 7) is 8.69. The molecule has 1 N–H and O–H groups in total. The number of rotatable bonds is 15. The Kier molecular flexibility index (Phi) is 13.6. The van der Waals surface area contributed by atoms with Crippen LogP contribution in [0.2, 0.25) is 0 Å². The molecule has 1 aliphatic rings. The predicted molar refractivity (Wildman–Crippen MR) is 169 cm³/mol. The van der Waals surface area contributed by atoms with Gasteiger partial charge in [0.2, 0.25) is 0 Å². The van der Waals surface area contributed by atoms with Crippen LogP contribution in [0, 0.1) is 12.8 Å². The van der Waals surface area contributed by atoms with E-state index in [9.17, 15) is 9.59 Å². The Morgan fingerprint density at radius 1 is 1.07 bits per heavy atom. The zero-order valence-corrected chi connectivity index (χ0v) is 26.2. The molecule has 0 saturated heterocycles. The lowest BCUT2D eigenvalue weighted by atomic mass is 9.86. The van der Waals surface area contributed by atoms with Crippen LogP contribution in [-0.4, -0.2) is 54.5 Å². The quantitative estimate of drug-likeness (QED) is 0.224. The first-order valence-corrected chi connectivity index (χ1v) is 16.6. The first kappa shape index (κ1) is 32.2. The van der Waals surface area contributed by atoms with Crippen molar-refractivity contribution >= 4 is 23.6 Å². The number of hydrogen-bond donors (Lipinski definition) is 1. The van der Waals surface area contributed by atoms with Crippen LogP contribution >= 0.6 is 11.8 Å². The van der Waals surface area contributed by atoms with E-state index in [2.05, 4.69) is 55.3 Å². The summed E-state index contributed by atoms with van der Waals surface area (Å²) in [6, 6.07) is 14.3. The summed E-state index contributed by atoms with van der Waals surface area (Å²) in [7, 11) is 1.37. The lowest BCUT2D eigenvalue weighted by molar-refractivity contribution is -0.142. The van der Waals surface area contributed by atoms with Gasteiger partial charge in [-0.3, -0.25) is 9.69 Å². The Morgan fingerprint density at radius 2 is 1.82 bits per heavy atom. The van der Waals surface area contributed by atoms with Gasteiger partial charge in [-0.1, -0.05) is 75.8 Å². The van der Waals surface area contributed by atoms with Crippen molar-refractivity contribution in [2.75, 3.05) is 25.7 Å². The molecular weight excluding hydrogens is 516 g/mol. The summed E-state index contributed by atoms with van der Waals surface area (Å²) in [5, 5.41) is 2.96. The topological polar surface area (TPSA) is 58.6 Å². The normalized spacial score (nSPS) is 15.6. The third-order valence-corrected chi connectivity index (χ3v) is 9.07. The summed E-state index contributed by atoms with van der Waals surface area (Å²) in [5.41, 5.74) is 4.88. The summed E-state index contributed by atoms with van der Waals surface area (Å²) in [4.78, 5) is 28.7. The maximum Gasteiger partial charge on any atom is 0.328 e. The van der Waals surface area contributed by atoms with Gasteiger partial charge in [-0.05, 0) is 92.0 Å². The van der Waals surface area contributed by atoms with Crippen molar-refractivity contribution < 1.29 is 14.3 Å². The zero-order chi connectivity index (χ0) is 28.9. The van der Waals surface area contributed by atoms with Gasteiger partial charge in [0.05, 0.1) is 7.11 Å². The molecule has 220 valence electrons. The standard InChI is InChI=1S/C34H50N2O3S/c1-6-12-26(3)36(21-19-27-14-8-7-9-15-27)24-28-17-18-30(31(23-28)29-16-11-10-13-25(29)2)33(37)35-32(20-22-40-5)34(38)39-4/h10-11,13,16-18,23,26-27,32H,6-9,12,14-15,19-22,24H2,1-5H3,(H,35,37)/t26-,32+/m1/s1. The van der Waals surface area contributed by atoms with Crippen LogP contribution in [0.15, 0.2) is 42.5 Å². The lowest BCUT2D eigenvalue weighted by Gasteiger charge is -2.32. The van der Waals surface area contributed by atoms with Gasteiger partial charge >= 0.3 is 5.97 Å². The Labute approximate surface area is 246 Å². The fourth-order valence-corrected chi connectivity index (χ4v) is 6.43. The number of nitrogens with zero attached hydrogens (tertiary/aromatic N) is 1. The van der Waals surface area contributed by atoms with Gasteiger partial charge in [0.1, 0.15) is 6.04 Å². The van der Waals surface area contributed by atoms with Crippen molar-refractivity contribution in [3.8, 4) is 11.1 Å². The summed E-state index contributed by atoms with van der Waals surface area (Å²) in [6.07, 6.45) is 13.1. The van der Waals surface area contributed by atoms with Crippen molar-refractivity contribution in [1.82, 2.24) is 10.2 Å². The highest BCUT2D eigenvalue weighted by atomic mass is 32.2. The molecule has 0 spiro atoms. The first-order valence-electron chi connectivity index (χ1n) is 15.2. The first-order chi connectivity index (χ1) is 19.4. The van der Waals surface area contributed by atoms with Gasteiger partial charge in [-0.25, -0.2) is 4.79 Å². The molecule has 1 amide bonds. The number of amides is 1. The second kappa shape index (κ2) is 16.8. The predicted octanol–water partition coefficient (Wildman–Crippen LogP) is 7.65. The summed E-state index contributed by atoms with van der Waals surface area (Å²) < 4.78 is 4.98. The fourth-order valence-electron chi connectivity index (χ4n) is 5.96. The largest absolute Gasteiger partial charge is 0.467 e. The fraction of sp³-hybridized carbons (Fsp3) is 0.588. The van der Waals surface area contributed by atoms with Crippen LogP contribution in [0.3, 0.4) is 0 Å². The number of ether oxygens (including phenoxy) is 1. The van der Waals surface area contributed by atoms with Gasteiger partial charge in [-0.2, -0.15) is 11.8 Å². The molecule has 0 aliphatic heterocycles. The van der Waals surface area contributed by atoms with E-state index < -0.39 is 12.0 Å². The van der Waals surface area contributed by atoms with Crippen molar-refractivity contribution in [2.45, 2.75) is 97.2 Å². The van der Waals surface area contributed by atoms with E-state index in [-0.39, 0.29) is 5.91 Å². The van der Waals surface area contributed by atoms with E-state index in [0.717, 1.165) is 41.5 Å². The number of hydrogen-bond acceptors (Lipinski definition) is 5. The van der Waals surface area contributed by atoms with Gasteiger partial charge in [0.15, 0.2) is 0 Å². The van der Waals surface area contributed by atoms with Gasteiger partial charge in [0.25, 0.3) is 5.91 Å². The van der Waals surface area contributed by atoms with Gasteiger partial charge in [0, 0.05) is 18.2 Å². The van der Waals surface area contributed by atoms with E-state index in [1.807, 2.05) is 24.5 Å². The number of benzene rings is 2. The minimum atomic E-state index is -0.667. The molecule has 0 radical (unpaired) electrons. The molecule has 2 aromatic rings. The molecule has 1 aliphatic carbocycles. The molecule has 6 heteroatoms. The Morgan fingerprint density at radius 3 is 2.50 bits per heavy atom. The number of carbonyl (C=O) groups is 2. The molecule has 40 heavy (non-hydrogen) atoms. The Bertz CT molecular complexity index is 1080.